The van der Waals surface area contributed by atoms with Crippen molar-refractivity contribution in [3.63, 3.8) is 0 Å². The fraction of sp³-hybridized carbons (Fsp3) is 0.455. The molecular formula is C11H14ClN5. The largest absolute Gasteiger partial charge is 0.221 e. The molecule has 90 valence electrons. The van der Waals surface area contributed by atoms with Gasteiger partial charge in [0.2, 0.25) is 0 Å². The predicted octanol–water partition coefficient (Wildman–Crippen LogP) is 2.45. The standard InChI is InChI=1S/C11H14ClN5/c1-6(2)11-15-8(4)16-17(11)10-5-9(12)13-7(3)14-10/h5-6H,1-4H3. The van der Waals surface area contributed by atoms with Gasteiger partial charge in [-0.15, -0.1) is 5.10 Å². The lowest BCUT2D eigenvalue weighted by Gasteiger charge is -2.07. The number of rotatable bonds is 2. The molecule has 0 unspecified atom stereocenters. The highest BCUT2D eigenvalue weighted by Gasteiger charge is 2.14. The molecular weight excluding hydrogens is 238 g/mol. The van der Waals surface area contributed by atoms with E-state index in [4.69, 9.17) is 11.6 Å². The summed E-state index contributed by atoms with van der Waals surface area (Å²) in [4.78, 5) is 12.8. The Hall–Kier alpha value is -1.49. The molecule has 0 saturated carbocycles. The van der Waals surface area contributed by atoms with E-state index in [1.807, 2.05) is 6.92 Å². The van der Waals surface area contributed by atoms with E-state index in [0.717, 1.165) is 11.6 Å². The molecule has 0 aliphatic rings. The maximum absolute atomic E-state index is 5.93. The Labute approximate surface area is 105 Å². The summed E-state index contributed by atoms with van der Waals surface area (Å²) in [6.07, 6.45) is 0. The molecule has 5 nitrogen and oxygen atoms in total. The van der Waals surface area contributed by atoms with Crippen molar-refractivity contribution in [2.45, 2.75) is 33.6 Å². The molecule has 0 atom stereocenters. The summed E-state index contributed by atoms with van der Waals surface area (Å²) in [6, 6.07) is 1.69. The van der Waals surface area contributed by atoms with Gasteiger partial charge in [0.1, 0.15) is 22.6 Å². The number of halogens is 1. The Morgan fingerprint density at radius 1 is 1.12 bits per heavy atom. The first-order valence-corrected chi connectivity index (χ1v) is 5.80. The van der Waals surface area contributed by atoms with E-state index in [1.54, 1.807) is 17.7 Å². The molecule has 0 aliphatic heterocycles. The van der Waals surface area contributed by atoms with Crippen LogP contribution in [0.4, 0.5) is 0 Å². The highest BCUT2D eigenvalue weighted by Crippen LogP contribution is 2.17. The molecule has 17 heavy (non-hydrogen) atoms. The third-order valence-electron chi connectivity index (χ3n) is 2.26. The smallest absolute Gasteiger partial charge is 0.160 e. The highest BCUT2D eigenvalue weighted by atomic mass is 35.5. The van der Waals surface area contributed by atoms with E-state index in [9.17, 15) is 0 Å². The molecule has 2 aromatic rings. The summed E-state index contributed by atoms with van der Waals surface area (Å²) in [5, 5.41) is 4.75. The summed E-state index contributed by atoms with van der Waals surface area (Å²) in [7, 11) is 0. The third kappa shape index (κ3) is 2.44. The first kappa shape index (κ1) is 12.0. The van der Waals surface area contributed by atoms with E-state index in [0.29, 0.717) is 16.8 Å². The van der Waals surface area contributed by atoms with Crippen molar-refractivity contribution in [3.05, 3.63) is 28.7 Å². The predicted molar refractivity (Wildman–Crippen MR) is 65.5 cm³/mol. The van der Waals surface area contributed by atoms with Crippen LogP contribution in [0, 0.1) is 13.8 Å². The molecule has 0 radical (unpaired) electrons. The first-order chi connectivity index (χ1) is 7.97. The lowest BCUT2D eigenvalue weighted by molar-refractivity contribution is 0.698. The molecule has 0 aliphatic carbocycles. The molecule has 2 rings (SSSR count). The van der Waals surface area contributed by atoms with Gasteiger partial charge in [0.25, 0.3) is 0 Å². The highest BCUT2D eigenvalue weighted by molar-refractivity contribution is 6.29. The average Bonchev–Trinajstić information content (AvgIpc) is 2.59. The molecule has 0 amide bonds. The maximum Gasteiger partial charge on any atom is 0.160 e. The SMILES string of the molecule is Cc1nc(Cl)cc(-n2nc(C)nc2C(C)C)n1. The second-order valence-corrected chi connectivity index (χ2v) is 4.57. The van der Waals surface area contributed by atoms with Gasteiger partial charge in [-0.25, -0.2) is 15.0 Å². The summed E-state index contributed by atoms with van der Waals surface area (Å²) in [5.41, 5.74) is 0. The van der Waals surface area contributed by atoms with Crippen LogP contribution < -0.4 is 0 Å². The normalized spacial score (nSPS) is 11.2. The van der Waals surface area contributed by atoms with Crippen molar-refractivity contribution >= 4 is 11.6 Å². The van der Waals surface area contributed by atoms with Crippen LogP contribution in [0.2, 0.25) is 5.15 Å². The van der Waals surface area contributed by atoms with Crippen LogP contribution in [0.25, 0.3) is 5.82 Å². The first-order valence-electron chi connectivity index (χ1n) is 5.42. The Morgan fingerprint density at radius 2 is 1.82 bits per heavy atom. The molecule has 2 aromatic heterocycles. The molecule has 0 bridgehead atoms. The van der Waals surface area contributed by atoms with Crippen LogP contribution in [0.15, 0.2) is 6.07 Å². The van der Waals surface area contributed by atoms with Crippen LogP contribution in [0.5, 0.6) is 0 Å². The maximum atomic E-state index is 5.93. The van der Waals surface area contributed by atoms with Gasteiger partial charge in [0.05, 0.1) is 0 Å². The number of hydrogen-bond acceptors (Lipinski definition) is 4. The molecule has 0 spiro atoms. The average molecular weight is 252 g/mol. The third-order valence-corrected chi connectivity index (χ3v) is 2.46. The van der Waals surface area contributed by atoms with E-state index in [1.165, 1.54) is 0 Å². The lowest BCUT2D eigenvalue weighted by Crippen LogP contribution is -2.08. The summed E-state index contributed by atoms with van der Waals surface area (Å²) in [6.45, 7) is 7.79. The zero-order chi connectivity index (χ0) is 12.6. The van der Waals surface area contributed by atoms with E-state index in [-0.39, 0.29) is 5.92 Å². The summed E-state index contributed by atoms with van der Waals surface area (Å²) < 4.78 is 1.72. The Balaban J connectivity index is 2.59. The fourth-order valence-corrected chi connectivity index (χ4v) is 1.82. The van der Waals surface area contributed by atoms with Gasteiger partial charge in [-0.3, -0.25) is 0 Å². The van der Waals surface area contributed by atoms with Crippen molar-refractivity contribution in [2.75, 3.05) is 0 Å². The van der Waals surface area contributed by atoms with Crippen molar-refractivity contribution in [1.29, 1.82) is 0 Å². The Kier molecular flexibility index (Phi) is 3.11. The van der Waals surface area contributed by atoms with Crippen LogP contribution in [-0.4, -0.2) is 24.7 Å². The molecule has 2 heterocycles. The van der Waals surface area contributed by atoms with Crippen LogP contribution in [0.3, 0.4) is 0 Å². The summed E-state index contributed by atoms with van der Waals surface area (Å²) in [5.74, 6) is 3.14. The minimum atomic E-state index is 0.269. The van der Waals surface area contributed by atoms with Crippen LogP contribution in [0.1, 0.15) is 37.2 Å². The fourth-order valence-electron chi connectivity index (χ4n) is 1.60. The summed E-state index contributed by atoms with van der Waals surface area (Å²) >= 11 is 5.93. The van der Waals surface area contributed by atoms with Gasteiger partial charge >= 0.3 is 0 Å². The Bertz CT molecular complexity index is 527. The zero-order valence-corrected chi connectivity index (χ0v) is 11.0. The van der Waals surface area contributed by atoms with Crippen molar-refractivity contribution in [2.24, 2.45) is 0 Å². The number of aryl methyl sites for hydroxylation is 2. The molecule has 0 aromatic carbocycles. The topological polar surface area (TPSA) is 56.5 Å². The lowest BCUT2D eigenvalue weighted by atomic mass is 10.2. The number of nitrogens with zero attached hydrogens (tertiary/aromatic N) is 5. The van der Waals surface area contributed by atoms with Crippen LogP contribution >= 0.6 is 11.6 Å². The second-order valence-electron chi connectivity index (χ2n) is 4.18. The van der Waals surface area contributed by atoms with E-state index >= 15 is 0 Å². The Morgan fingerprint density at radius 3 is 2.41 bits per heavy atom. The molecule has 6 heteroatoms. The zero-order valence-electron chi connectivity index (χ0n) is 10.3. The minimum absolute atomic E-state index is 0.269. The van der Waals surface area contributed by atoms with Gasteiger partial charge in [0, 0.05) is 12.0 Å². The van der Waals surface area contributed by atoms with Gasteiger partial charge in [-0.05, 0) is 13.8 Å². The van der Waals surface area contributed by atoms with Crippen molar-refractivity contribution in [3.8, 4) is 5.82 Å². The van der Waals surface area contributed by atoms with Crippen LogP contribution in [-0.2, 0) is 0 Å². The molecule has 0 N–H and O–H groups in total. The quantitative estimate of drug-likeness (QED) is 0.770. The monoisotopic (exact) mass is 251 g/mol. The van der Waals surface area contributed by atoms with Gasteiger partial charge in [-0.1, -0.05) is 25.4 Å². The van der Waals surface area contributed by atoms with Gasteiger partial charge in [0.15, 0.2) is 5.82 Å². The van der Waals surface area contributed by atoms with Gasteiger partial charge < -0.3 is 0 Å². The minimum Gasteiger partial charge on any atom is -0.221 e. The molecule has 0 saturated heterocycles. The van der Waals surface area contributed by atoms with E-state index in [2.05, 4.69) is 33.9 Å². The number of aromatic nitrogens is 5. The van der Waals surface area contributed by atoms with Gasteiger partial charge in [-0.2, -0.15) is 4.68 Å². The van der Waals surface area contributed by atoms with Crippen molar-refractivity contribution < 1.29 is 0 Å². The second kappa shape index (κ2) is 4.41. The number of hydrogen-bond donors (Lipinski definition) is 0. The van der Waals surface area contributed by atoms with Crippen molar-refractivity contribution in [1.82, 2.24) is 24.7 Å². The van der Waals surface area contributed by atoms with E-state index < -0.39 is 0 Å². The molecule has 0 fully saturated rings.